The van der Waals surface area contributed by atoms with Gasteiger partial charge in [0, 0.05) is 12.1 Å². The molecular weight excluding hydrogens is 352 g/mol. The Labute approximate surface area is 164 Å². The summed E-state index contributed by atoms with van der Waals surface area (Å²) in [6, 6.07) is 18.1. The lowest BCUT2D eigenvalue weighted by Crippen LogP contribution is -2.45. The molecule has 0 bridgehead atoms. The third kappa shape index (κ3) is 3.64. The van der Waals surface area contributed by atoms with Gasteiger partial charge in [-0.15, -0.1) is 0 Å². The first kappa shape index (κ1) is 18.3. The number of aryl methyl sites for hydroxylation is 1. The zero-order valence-electron chi connectivity index (χ0n) is 16.1. The van der Waals surface area contributed by atoms with Gasteiger partial charge in [0.25, 0.3) is 5.91 Å². The SMILES string of the molecule is CCc1ccc(CN[C@H]2CNC(=O)c3cc(-c4cccc(OC)c4)nn32)cc1. The fourth-order valence-electron chi connectivity index (χ4n) is 3.38. The highest BCUT2D eigenvalue weighted by molar-refractivity contribution is 5.94. The predicted octanol–water partition coefficient (Wildman–Crippen LogP) is 3.15. The first-order valence-corrected chi connectivity index (χ1v) is 9.51. The third-order valence-corrected chi connectivity index (χ3v) is 5.06. The third-order valence-electron chi connectivity index (χ3n) is 5.06. The number of hydrogen-bond acceptors (Lipinski definition) is 4. The Bertz CT molecular complexity index is 978. The van der Waals surface area contributed by atoms with Crippen molar-refractivity contribution in [1.82, 2.24) is 20.4 Å². The van der Waals surface area contributed by atoms with E-state index in [2.05, 4.69) is 41.8 Å². The van der Waals surface area contributed by atoms with E-state index in [1.54, 1.807) is 11.8 Å². The number of benzene rings is 2. The molecule has 6 heteroatoms. The van der Waals surface area contributed by atoms with Gasteiger partial charge in [-0.3, -0.25) is 10.1 Å². The van der Waals surface area contributed by atoms with Gasteiger partial charge in [-0.2, -0.15) is 5.10 Å². The lowest BCUT2D eigenvalue weighted by atomic mass is 10.1. The molecule has 2 aromatic carbocycles. The number of fused-ring (bicyclic) bond motifs is 1. The van der Waals surface area contributed by atoms with E-state index in [9.17, 15) is 4.79 Å². The fourth-order valence-corrected chi connectivity index (χ4v) is 3.38. The van der Waals surface area contributed by atoms with Crippen molar-refractivity contribution in [2.24, 2.45) is 0 Å². The smallest absolute Gasteiger partial charge is 0.269 e. The molecule has 1 amide bonds. The Hall–Kier alpha value is -3.12. The Morgan fingerprint density at radius 1 is 1.18 bits per heavy atom. The second-order valence-electron chi connectivity index (χ2n) is 6.87. The number of carbonyl (C=O) groups excluding carboxylic acids is 1. The molecule has 1 aliphatic heterocycles. The summed E-state index contributed by atoms with van der Waals surface area (Å²) in [6.45, 7) is 3.35. The van der Waals surface area contributed by atoms with Gasteiger partial charge in [-0.05, 0) is 35.7 Å². The Morgan fingerprint density at radius 2 is 1.96 bits per heavy atom. The fraction of sp³-hybridized carbons (Fsp3) is 0.273. The van der Waals surface area contributed by atoms with Crippen LogP contribution in [0.25, 0.3) is 11.3 Å². The van der Waals surface area contributed by atoms with Gasteiger partial charge in [-0.1, -0.05) is 43.3 Å². The van der Waals surface area contributed by atoms with E-state index in [0.29, 0.717) is 18.8 Å². The number of rotatable bonds is 6. The topological polar surface area (TPSA) is 68.2 Å². The van der Waals surface area contributed by atoms with Crippen LogP contribution in [0.15, 0.2) is 54.6 Å². The van der Waals surface area contributed by atoms with Crippen molar-refractivity contribution in [3.63, 3.8) is 0 Å². The molecule has 3 aromatic rings. The monoisotopic (exact) mass is 376 g/mol. The molecule has 2 N–H and O–H groups in total. The molecule has 2 heterocycles. The number of methoxy groups -OCH3 is 1. The Morgan fingerprint density at radius 3 is 2.71 bits per heavy atom. The van der Waals surface area contributed by atoms with Crippen LogP contribution >= 0.6 is 0 Å². The molecule has 1 atom stereocenters. The zero-order valence-corrected chi connectivity index (χ0v) is 16.1. The number of carbonyl (C=O) groups is 1. The molecular formula is C22H24N4O2. The van der Waals surface area contributed by atoms with Crippen molar-refractivity contribution in [2.45, 2.75) is 26.1 Å². The average Bonchev–Trinajstić information content (AvgIpc) is 3.20. The molecule has 0 saturated carbocycles. The van der Waals surface area contributed by atoms with Gasteiger partial charge in [0.1, 0.15) is 17.6 Å². The van der Waals surface area contributed by atoms with Crippen molar-refractivity contribution in [3.8, 4) is 17.0 Å². The van der Waals surface area contributed by atoms with E-state index < -0.39 is 0 Å². The standard InChI is InChI=1S/C22H24N4O2/c1-3-15-7-9-16(10-8-15)13-23-21-14-24-22(27)20-12-19(25-26(20)21)17-5-4-6-18(11-17)28-2/h4-12,21,23H,3,13-14H2,1-2H3,(H,24,27)/t21-/m1/s1. The van der Waals surface area contributed by atoms with Crippen LogP contribution < -0.4 is 15.4 Å². The van der Waals surface area contributed by atoms with Gasteiger partial charge in [0.2, 0.25) is 0 Å². The summed E-state index contributed by atoms with van der Waals surface area (Å²) in [5.74, 6) is 0.658. The van der Waals surface area contributed by atoms with Gasteiger partial charge >= 0.3 is 0 Å². The van der Waals surface area contributed by atoms with Gasteiger partial charge < -0.3 is 10.1 Å². The summed E-state index contributed by atoms with van der Waals surface area (Å²) in [7, 11) is 1.64. The molecule has 0 fully saturated rings. The van der Waals surface area contributed by atoms with Crippen LogP contribution in [0.4, 0.5) is 0 Å². The minimum Gasteiger partial charge on any atom is -0.497 e. The minimum atomic E-state index is -0.105. The normalized spacial score (nSPS) is 15.8. The van der Waals surface area contributed by atoms with Crippen LogP contribution in [0.2, 0.25) is 0 Å². The van der Waals surface area contributed by atoms with Crippen molar-refractivity contribution in [1.29, 1.82) is 0 Å². The van der Waals surface area contributed by atoms with Gasteiger partial charge in [0.15, 0.2) is 0 Å². The molecule has 0 saturated heterocycles. The van der Waals surface area contributed by atoms with E-state index in [4.69, 9.17) is 9.84 Å². The lowest BCUT2D eigenvalue weighted by molar-refractivity contribution is 0.0900. The summed E-state index contributed by atoms with van der Waals surface area (Å²) < 4.78 is 7.08. The summed E-state index contributed by atoms with van der Waals surface area (Å²) in [5.41, 5.74) is 4.76. The maximum absolute atomic E-state index is 12.3. The van der Waals surface area contributed by atoms with Crippen LogP contribution in [0.5, 0.6) is 5.75 Å². The van der Waals surface area contributed by atoms with E-state index in [0.717, 1.165) is 23.4 Å². The quantitative estimate of drug-likeness (QED) is 0.693. The molecule has 1 aromatic heterocycles. The van der Waals surface area contributed by atoms with Crippen molar-refractivity contribution < 1.29 is 9.53 Å². The number of amides is 1. The molecule has 0 aliphatic carbocycles. The Balaban J connectivity index is 1.56. The first-order chi connectivity index (χ1) is 13.7. The van der Waals surface area contributed by atoms with E-state index in [1.165, 1.54) is 11.1 Å². The summed E-state index contributed by atoms with van der Waals surface area (Å²) >= 11 is 0. The maximum Gasteiger partial charge on any atom is 0.269 e. The number of nitrogens with zero attached hydrogens (tertiary/aromatic N) is 2. The van der Waals surface area contributed by atoms with E-state index >= 15 is 0 Å². The summed E-state index contributed by atoms with van der Waals surface area (Å²) in [5, 5.41) is 11.1. The molecule has 28 heavy (non-hydrogen) atoms. The highest BCUT2D eigenvalue weighted by Crippen LogP contribution is 2.26. The van der Waals surface area contributed by atoms with Crippen LogP contribution in [-0.4, -0.2) is 29.3 Å². The van der Waals surface area contributed by atoms with Gasteiger partial charge in [-0.25, -0.2) is 4.68 Å². The van der Waals surface area contributed by atoms with Crippen LogP contribution in [-0.2, 0) is 13.0 Å². The molecule has 6 nitrogen and oxygen atoms in total. The summed E-state index contributed by atoms with van der Waals surface area (Å²) in [4.78, 5) is 12.3. The largest absolute Gasteiger partial charge is 0.497 e. The number of aromatic nitrogens is 2. The van der Waals surface area contributed by atoms with E-state index in [-0.39, 0.29) is 12.1 Å². The average molecular weight is 376 g/mol. The molecule has 0 radical (unpaired) electrons. The Kier molecular flexibility index (Phi) is 5.12. The predicted molar refractivity (Wildman–Crippen MR) is 108 cm³/mol. The number of ether oxygens (including phenoxy) is 1. The van der Waals surface area contributed by atoms with Crippen molar-refractivity contribution in [3.05, 3.63) is 71.4 Å². The van der Waals surface area contributed by atoms with Crippen LogP contribution in [0.3, 0.4) is 0 Å². The molecule has 4 rings (SSSR count). The number of nitrogens with one attached hydrogen (secondary N) is 2. The highest BCUT2D eigenvalue weighted by Gasteiger charge is 2.27. The van der Waals surface area contributed by atoms with Crippen LogP contribution in [0, 0.1) is 0 Å². The van der Waals surface area contributed by atoms with E-state index in [1.807, 2.05) is 30.3 Å². The van der Waals surface area contributed by atoms with Crippen LogP contribution in [0.1, 0.15) is 34.7 Å². The molecule has 0 unspecified atom stereocenters. The molecule has 1 aliphatic rings. The second kappa shape index (κ2) is 7.86. The highest BCUT2D eigenvalue weighted by atomic mass is 16.5. The minimum absolute atomic E-state index is 0.0992. The zero-order chi connectivity index (χ0) is 19.5. The molecule has 0 spiro atoms. The first-order valence-electron chi connectivity index (χ1n) is 9.51. The van der Waals surface area contributed by atoms with Gasteiger partial charge in [0.05, 0.1) is 19.3 Å². The van der Waals surface area contributed by atoms with Crippen molar-refractivity contribution >= 4 is 5.91 Å². The maximum atomic E-state index is 12.3. The van der Waals surface area contributed by atoms with Crippen molar-refractivity contribution in [2.75, 3.05) is 13.7 Å². The lowest BCUT2D eigenvalue weighted by Gasteiger charge is -2.25. The number of hydrogen-bond donors (Lipinski definition) is 2. The summed E-state index contributed by atoms with van der Waals surface area (Å²) in [6.07, 6.45) is 0.935. The molecule has 144 valence electrons. The second-order valence-corrected chi connectivity index (χ2v) is 6.87.